The van der Waals surface area contributed by atoms with Gasteiger partial charge in [0.05, 0.1) is 0 Å². The van der Waals surface area contributed by atoms with Crippen LogP contribution >= 0.6 is 0 Å². The zero-order valence-corrected chi connectivity index (χ0v) is 9.99. The number of hydrogen-bond donors (Lipinski definition) is 1. The second-order valence-corrected chi connectivity index (χ2v) is 4.61. The molecule has 94 valence electrons. The van der Waals surface area contributed by atoms with Crippen molar-refractivity contribution in [1.29, 1.82) is 0 Å². The molecule has 1 aliphatic rings. The van der Waals surface area contributed by atoms with Gasteiger partial charge in [-0.1, -0.05) is 0 Å². The molecule has 0 radical (unpaired) electrons. The number of nitrogens with two attached hydrogens (primary N) is 1. The number of likely N-dealkylation sites (tertiary alicyclic amines) is 1. The van der Waals surface area contributed by atoms with Crippen molar-refractivity contribution in [3.63, 3.8) is 0 Å². The highest BCUT2D eigenvalue weighted by Gasteiger charge is 2.25. The minimum atomic E-state index is 0.0580. The first-order chi connectivity index (χ1) is 8.16. The van der Waals surface area contributed by atoms with Crippen LogP contribution in [-0.4, -0.2) is 50.1 Å². The lowest BCUT2D eigenvalue weighted by molar-refractivity contribution is -0.134. The quantitative estimate of drug-likeness (QED) is 0.749. The molecule has 2 atom stereocenters. The maximum absolute atomic E-state index is 12.0. The number of carbonyl (C=O) groups excluding carboxylic acids is 1. The number of hydrogen-bond acceptors (Lipinski definition) is 5. The van der Waals surface area contributed by atoms with Gasteiger partial charge >= 0.3 is 0 Å². The largest absolute Gasteiger partial charge is 0.341 e. The van der Waals surface area contributed by atoms with Crippen LogP contribution in [0.25, 0.3) is 0 Å². The molecule has 1 saturated heterocycles. The summed E-state index contributed by atoms with van der Waals surface area (Å²) < 4.78 is 1.44. The Balaban J connectivity index is 1.91. The summed E-state index contributed by atoms with van der Waals surface area (Å²) in [4.78, 5) is 13.9. The Hall–Kier alpha value is -1.50. The number of aromatic nitrogens is 4. The van der Waals surface area contributed by atoms with Gasteiger partial charge in [-0.3, -0.25) is 4.79 Å². The zero-order valence-electron chi connectivity index (χ0n) is 9.99. The predicted octanol–water partition coefficient (Wildman–Crippen LogP) is -0.741. The maximum atomic E-state index is 12.0. The van der Waals surface area contributed by atoms with Crippen LogP contribution in [0, 0.1) is 5.92 Å². The highest BCUT2D eigenvalue weighted by atomic mass is 16.2. The Bertz CT molecular complexity index is 363. The third kappa shape index (κ3) is 3.00. The van der Waals surface area contributed by atoms with Crippen molar-refractivity contribution >= 4 is 5.91 Å². The SMILES string of the molecule is CC(N)C1CCCN(C(=O)Cn2cnnn2)C1. The van der Waals surface area contributed by atoms with E-state index in [1.165, 1.54) is 11.0 Å². The molecule has 1 aromatic rings. The number of tetrazole rings is 1. The van der Waals surface area contributed by atoms with Gasteiger partial charge in [0, 0.05) is 19.1 Å². The highest BCUT2D eigenvalue weighted by molar-refractivity contribution is 5.75. The minimum absolute atomic E-state index is 0.0580. The first-order valence-corrected chi connectivity index (χ1v) is 5.91. The van der Waals surface area contributed by atoms with Gasteiger partial charge in [0.1, 0.15) is 12.9 Å². The Morgan fingerprint density at radius 3 is 3.12 bits per heavy atom. The summed E-state index contributed by atoms with van der Waals surface area (Å²) in [5, 5.41) is 10.7. The highest BCUT2D eigenvalue weighted by Crippen LogP contribution is 2.18. The summed E-state index contributed by atoms with van der Waals surface area (Å²) in [6, 6.07) is 0.138. The Kier molecular flexibility index (Phi) is 3.68. The van der Waals surface area contributed by atoms with Crippen LogP contribution < -0.4 is 5.73 Å². The molecule has 2 unspecified atom stereocenters. The lowest BCUT2D eigenvalue weighted by Crippen LogP contribution is -2.46. The third-order valence-corrected chi connectivity index (χ3v) is 3.24. The first kappa shape index (κ1) is 12.0. The molecule has 1 fully saturated rings. The molecule has 0 aromatic carbocycles. The van der Waals surface area contributed by atoms with Gasteiger partial charge in [0.25, 0.3) is 0 Å². The standard InChI is InChI=1S/C10H18N6O/c1-8(11)9-3-2-4-15(5-9)10(17)6-16-7-12-13-14-16/h7-9H,2-6,11H2,1H3. The van der Waals surface area contributed by atoms with E-state index in [9.17, 15) is 4.79 Å². The van der Waals surface area contributed by atoms with Crippen LogP contribution in [0.2, 0.25) is 0 Å². The molecular weight excluding hydrogens is 220 g/mol. The molecule has 2 rings (SSSR count). The van der Waals surface area contributed by atoms with E-state index in [1.807, 2.05) is 11.8 Å². The topological polar surface area (TPSA) is 89.9 Å². The molecule has 0 saturated carbocycles. The third-order valence-electron chi connectivity index (χ3n) is 3.24. The Morgan fingerprint density at radius 2 is 2.47 bits per heavy atom. The minimum Gasteiger partial charge on any atom is -0.341 e. The van der Waals surface area contributed by atoms with E-state index >= 15 is 0 Å². The fourth-order valence-corrected chi connectivity index (χ4v) is 2.16. The van der Waals surface area contributed by atoms with Crippen molar-refractivity contribution in [2.75, 3.05) is 13.1 Å². The maximum Gasteiger partial charge on any atom is 0.244 e. The Labute approximate surface area is 100.0 Å². The van der Waals surface area contributed by atoms with Crippen LogP contribution in [0.3, 0.4) is 0 Å². The molecule has 1 aliphatic heterocycles. The van der Waals surface area contributed by atoms with E-state index in [0.717, 1.165) is 25.9 Å². The summed E-state index contributed by atoms with van der Waals surface area (Å²) in [5.74, 6) is 0.462. The molecule has 0 bridgehead atoms. The monoisotopic (exact) mass is 238 g/mol. The van der Waals surface area contributed by atoms with Crippen molar-refractivity contribution in [2.45, 2.75) is 32.4 Å². The predicted molar refractivity (Wildman–Crippen MR) is 60.8 cm³/mol. The van der Waals surface area contributed by atoms with E-state index in [2.05, 4.69) is 15.5 Å². The van der Waals surface area contributed by atoms with Crippen LogP contribution in [0.4, 0.5) is 0 Å². The average molecular weight is 238 g/mol. The lowest BCUT2D eigenvalue weighted by Gasteiger charge is -2.34. The van der Waals surface area contributed by atoms with Gasteiger partial charge < -0.3 is 10.6 Å². The summed E-state index contributed by atoms with van der Waals surface area (Å²) in [6.45, 7) is 3.77. The molecule has 7 nitrogen and oxygen atoms in total. The van der Waals surface area contributed by atoms with Crippen molar-refractivity contribution in [2.24, 2.45) is 11.7 Å². The molecule has 0 aliphatic carbocycles. The van der Waals surface area contributed by atoms with Gasteiger partial charge in [-0.25, -0.2) is 4.68 Å². The number of amides is 1. The number of nitrogens with zero attached hydrogens (tertiary/aromatic N) is 5. The van der Waals surface area contributed by atoms with Crippen LogP contribution in [0.15, 0.2) is 6.33 Å². The molecule has 0 spiro atoms. The number of rotatable bonds is 3. The average Bonchev–Trinajstić information content (AvgIpc) is 2.82. The normalized spacial score (nSPS) is 22.5. The number of piperidine rings is 1. The fourth-order valence-electron chi connectivity index (χ4n) is 2.16. The van der Waals surface area contributed by atoms with Crippen molar-refractivity contribution in [3.05, 3.63) is 6.33 Å². The van der Waals surface area contributed by atoms with Gasteiger partial charge in [0.15, 0.2) is 0 Å². The van der Waals surface area contributed by atoms with E-state index < -0.39 is 0 Å². The molecule has 17 heavy (non-hydrogen) atoms. The van der Waals surface area contributed by atoms with E-state index in [4.69, 9.17) is 5.73 Å². The smallest absolute Gasteiger partial charge is 0.244 e. The van der Waals surface area contributed by atoms with Crippen molar-refractivity contribution in [3.8, 4) is 0 Å². The van der Waals surface area contributed by atoms with Crippen molar-refractivity contribution < 1.29 is 4.79 Å². The van der Waals surface area contributed by atoms with Crippen LogP contribution in [0.1, 0.15) is 19.8 Å². The lowest BCUT2D eigenvalue weighted by atomic mass is 9.92. The molecular formula is C10H18N6O. The molecule has 2 N–H and O–H groups in total. The van der Waals surface area contributed by atoms with Crippen LogP contribution in [-0.2, 0) is 11.3 Å². The summed E-state index contributed by atoms with van der Waals surface area (Å²) in [6.07, 6.45) is 3.57. The zero-order chi connectivity index (χ0) is 12.3. The molecule has 2 heterocycles. The summed E-state index contributed by atoms with van der Waals surface area (Å²) in [7, 11) is 0. The van der Waals surface area contributed by atoms with Gasteiger partial charge in [-0.15, -0.1) is 5.10 Å². The Morgan fingerprint density at radius 1 is 1.65 bits per heavy atom. The fraction of sp³-hybridized carbons (Fsp3) is 0.800. The summed E-state index contributed by atoms with van der Waals surface area (Å²) >= 11 is 0. The van der Waals surface area contributed by atoms with Crippen LogP contribution in [0.5, 0.6) is 0 Å². The van der Waals surface area contributed by atoms with E-state index in [0.29, 0.717) is 5.92 Å². The number of carbonyl (C=O) groups is 1. The second kappa shape index (κ2) is 5.22. The summed E-state index contributed by atoms with van der Waals surface area (Å²) in [5.41, 5.74) is 5.89. The van der Waals surface area contributed by atoms with E-state index in [1.54, 1.807) is 0 Å². The molecule has 1 aromatic heterocycles. The molecule has 1 amide bonds. The first-order valence-electron chi connectivity index (χ1n) is 5.91. The van der Waals surface area contributed by atoms with E-state index in [-0.39, 0.29) is 18.5 Å². The molecule has 7 heteroatoms. The van der Waals surface area contributed by atoms with Crippen molar-refractivity contribution in [1.82, 2.24) is 25.1 Å². The van der Waals surface area contributed by atoms with Gasteiger partial charge in [0.2, 0.25) is 5.91 Å². The van der Waals surface area contributed by atoms with Gasteiger partial charge in [-0.05, 0) is 36.1 Å². The second-order valence-electron chi connectivity index (χ2n) is 4.61. The van der Waals surface area contributed by atoms with Gasteiger partial charge in [-0.2, -0.15) is 0 Å².